The summed E-state index contributed by atoms with van der Waals surface area (Å²) >= 11 is 0. The molecule has 242 valence electrons. The lowest BCUT2D eigenvalue weighted by Crippen LogP contribution is -2.45. The van der Waals surface area contributed by atoms with E-state index in [0.29, 0.717) is 19.6 Å². The van der Waals surface area contributed by atoms with Gasteiger partial charge in [0, 0.05) is 56.4 Å². The summed E-state index contributed by atoms with van der Waals surface area (Å²) in [5.74, 6) is 0.314. The van der Waals surface area contributed by atoms with Gasteiger partial charge in [0.15, 0.2) is 0 Å². The predicted molar refractivity (Wildman–Crippen MR) is 164 cm³/mol. The van der Waals surface area contributed by atoms with Gasteiger partial charge in [-0.05, 0) is 70.9 Å². The van der Waals surface area contributed by atoms with Gasteiger partial charge < -0.3 is 29.2 Å². The summed E-state index contributed by atoms with van der Waals surface area (Å²) in [6.07, 6.45) is -1.31. The molecule has 3 heterocycles. The summed E-state index contributed by atoms with van der Waals surface area (Å²) in [5.41, 5.74) is 4.53. The van der Waals surface area contributed by atoms with Crippen LogP contribution >= 0.6 is 0 Å². The number of benzene rings is 3. The van der Waals surface area contributed by atoms with E-state index >= 15 is 0 Å². The molecule has 2 aliphatic heterocycles. The van der Waals surface area contributed by atoms with Gasteiger partial charge in [0.2, 0.25) is 0 Å². The summed E-state index contributed by atoms with van der Waals surface area (Å²) in [6, 6.07) is 22.9. The number of rotatable bonds is 11. The molecular formula is C33H34F3N5O5. The zero-order valence-electron chi connectivity index (χ0n) is 25.1. The van der Waals surface area contributed by atoms with Crippen LogP contribution in [-0.4, -0.2) is 64.6 Å². The number of ether oxygens (including phenoxy) is 3. The smallest absolute Gasteiger partial charge is 0.490 e. The van der Waals surface area contributed by atoms with Gasteiger partial charge in [0.1, 0.15) is 30.4 Å². The number of nitro groups is 1. The van der Waals surface area contributed by atoms with Crippen molar-refractivity contribution < 1.29 is 32.3 Å². The lowest BCUT2D eigenvalue weighted by Gasteiger charge is -2.36. The van der Waals surface area contributed by atoms with Crippen molar-refractivity contribution in [2.24, 2.45) is 0 Å². The van der Waals surface area contributed by atoms with Gasteiger partial charge >= 0.3 is 18.2 Å². The number of alkyl halides is 3. The first-order chi connectivity index (χ1) is 22.2. The van der Waals surface area contributed by atoms with Crippen LogP contribution < -0.4 is 19.1 Å². The minimum atomic E-state index is -4.68. The number of aromatic nitrogens is 2. The van der Waals surface area contributed by atoms with Gasteiger partial charge in [-0.1, -0.05) is 36.4 Å². The molecule has 0 amide bonds. The summed E-state index contributed by atoms with van der Waals surface area (Å²) < 4.78 is 54.4. The van der Waals surface area contributed by atoms with Crippen molar-refractivity contribution in [2.75, 3.05) is 37.7 Å². The van der Waals surface area contributed by atoms with Gasteiger partial charge in [0.05, 0.1) is 0 Å². The third-order valence-electron chi connectivity index (χ3n) is 8.18. The Morgan fingerprint density at radius 3 is 2.09 bits per heavy atom. The molecule has 1 atom stereocenters. The molecule has 0 spiro atoms. The molecule has 0 unspecified atom stereocenters. The molecule has 1 aromatic heterocycles. The van der Waals surface area contributed by atoms with E-state index in [1.807, 2.05) is 12.1 Å². The number of anilines is 1. The molecule has 2 aliphatic rings. The molecule has 3 aromatic carbocycles. The maximum Gasteiger partial charge on any atom is 0.573 e. The molecule has 6 rings (SSSR count). The third kappa shape index (κ3) is 8.27. The Morgan fingerprint density at radius 2 is 1.46 bits per heavy atom. The lowest BCUT2D eigenvalue weighted by atomic mass is 10.0. The molecule has 4 aromatic rings. The molecule has 46 heavy (non-hydrogen) atoms. The second-order valence-corrected chi connectivity index (χ2v) is 11.4. The van der Waals surface area contributed by atoms with Crippen LogP contribution in [0.2, 0.25) is 0 Å². The van der Waals surface area contributed by atoms with E-state index in [-0.39, 0.29) is 23.7 Å². The fraction of sp³-hybridized carbons (Fsp3) is 0.364. The minimum Gasteiger partial charge on any atom is -0.490 e. The highest BCUT2D eigenvalue weighted by molar-refractivity contribution is 5.49. The number of fused-ring (bicyclic) bond motifs is 1. The first kappa shape index (κ1) is 31.2. The normalized spacial score (nSPS) is 16.8. The zero-order valence-corrected chi connectivity index (χ0v) is 25.1. The van der Waals surface area contributed by atoms with Gasteiger partial charge in [-0.15, -0.1) is 13.2 Å². The summed E-state index contributed by atoms with van der Waals surface area (Å²) in [7, 11) is 0. The lowest BCUT2D eigenvalue weighted by molar-refractivity contribution is -0.389. The Bertz CT molecular complexity index is 1600. The number of imidazole rings is 1. The number of hydrogen-bond donors (Lipinski definition) is 0. The SMILES string of the molecule is O=[N+]([O-])c1cn2c(n1)O[C@@H](COc1ccc(N3CCN(Cc4ccc(CCc5ccc(OC(F)(F)F)cc5)cc4)CC3)cc1)CC2. The first-order valence-corrected chi connectivity index (χ1v) is 15.2. The van der Waals surface area contributed by atoms with Crippen LogP contribution in [0.15, 0.2) is 79.0 Å². The van der Waals surface area contributed by atoms with Gasteiger partial charge in [-0.2, -0.15) is 0 Å². The Balaban J connectivity index is 0.906. The van der Waals surface area contributed by atoms with Crippen molar-refractivity contribution >= 4 is 11.5 Å². The second-order valence-electron chi connectivity index (χ2n) is 11.4. The quantitative estimate of drug-likeness (QED) is 0.145. The highest BCUT2D eigenvalue weighted by Crippen LogP contribution is 2.26. The van der Waals surface area contributed by atoms with Gasteiger partial charge in [-0.3, -0.25) is 9.47 Å². The maximum absolute atomic E-state index is 12.4. The average Bonchev–Trinajstić information content (AvgIpc) is 3.48. The highest BCUT2D eigenvalue weighted by Gasteiger charge is 2.31. The number of piperazine rings is 1. The van der Waals surface area contributed by atoms with Gasteiger partial charge in [0.25, 0.3) is 0 Å². The van der Waals surface area contributed by atoms with E-state index in [1.165, 1.54) is 29.5 Å². The molecule has 0 bridgehead atoms. The monoisotopic (exact) mass is 637 g/mol. The molecular weight excluding hydrogens is 603 g/mol. The number of halogens is 3. The molecule has 0 radical (unpaired) electrons. The van der Waals surface area contributed by atoms with E-state index in [4.69, 9.17) is 9.47 Å². The topological polar surface area (TPSA) is 95.1 Å². The fourth-order valence-electron chi connectivity index (χ4n) is 5.66. The number of aryl methyl sites for hydroxylation is 3. The standard InChI is InChI=1S/C33H34F3N5O5/c34-33(35,36)46-29-11-7-25(8-12-29)2-1-24-3-5-26(6-4-24)21-38-17-19-39(20-18-38)27-9-13-28(14-10-27)44-23-30-15-16-40-22-31(41(42)43)37-32(40)45-30/h3-14,22,30H,1-2,15-21,23H2/t30-/m1/s1. The number of hydrogen-bond acceptors (Lipinski definition) is 8. The average molecular weight is 638 g/mol. The molecule has 0 N–H and O–H groups in total. The van der Waals surface area contributed by atoms with Crippen molar-refractivity contribution in [3.05, 3.63) is 106 Å². The molecule has 0 saturated carbocycles. The van der Waals surface area contributed by atoms with Crippen LogP contribution in [0.4, 0.5) is 24.7 Å². The van der Waals surface area contributed by atoms with E-state index in [0.717, 1.165) is 62.6 Å². The highest BCUT2D eigenvalue weighted by atomic mass is 19.4. The molecule has 13 heteroatoms. The predicted octanol–water partition coefficient (Wildman–Crippen LogP) is 6.03. The van der Waals surface area contributed by atoms with Crippen LogP contribution in [0.1, 0.15) is 23.1 Å². The second kappa shape index (κ2) is 13.7. The Morgan fingerprint density at radius 1 is 0.848 bits per heavy atom. The minimum absolute atomic E-state index is 0.208. The van der Waals surface area contributed by atoms with E-state index in [1.54, 1.807) is 16.7 Å². The summed E-state index contributed by atoms with van der Waals surface area (Å²) in [6.45, 7) is 5.52. The molecule has 0 aliphatic carbocycles. The van der Waals surface area contributed by atoms with Gasteiger partial charge in [-0.25, -0.2) is 0 Å². The summed E-state index contributed by atoms with van der Waals surface area (Å²) in [4.78, 5) is 19.2. The summed E-state index contributed by atoms with van der Waals surface area (Å²) in [5, 5.41) is 11.0. The first-order valence-electron chi connectivity index (χ1n) is 15.2. The van der Waals surface area contributed by atoms with Crippen molar-refractivity contribution in [3.63, 3.8) is 0 Å². The van der Waals surface area contributed by atoms with Crippen LogP contribution in [0, 0.1) is 10.1 Å². The zero-order chi connectivity index (χ0) is 32.1. The Labute approximate surface area is 264 Å². The largest absolute Gasteiger partial charge is 0.573 e. The molecule has 1 fully saturated rings. The van der Waals surface area contributed by atoms with Crippen molar-refractivity contribution in [1.29, 1.82) is 0 Å². The van der Waals surface area contributed by atoms with Crippen molar-refractivity contribution in [2.45, 2.75) is 44.8 Å². The molecule has 1 saturated heterocycles. The van der Waals surface area contributed by atoms with Crippen LogP contribution in [0.3, 0.4) is 0 Å². The Kier molecular flexibility index (Phi) is 9.29. The third-order valence-corrected chi connectivity index (χ3v) is 8.18. The molecule has 10 nitrogen and oxygen atoms in total. The Hall–Kier alpha value is -4.78. The van der Waals surface area contributed by atoms with Crippen LogP contribution in [0.25, 0.3) is 0 Å². The van der Waals surface area contributed by atoms with Crippen LogP contribution in [-0.2, 0) is 25.9 Å². The van der Waals surface area contributed by atoms with E-state index in [9.17, 15) is 23.3 Å². The van der Waals surface area contributed by atoms with E-state index < -0.39 is 11.3 Å². The van der Waals surface area contributed by atoms with E-state index in [2.05, 4.69) is 55.9 Å². The van der Waals surface area contributed by atoms with Crippen molar-refractivity contribution in [3.8, 4) is 17.5 Å². The maximum atomic E-state index is 12.4. The van der Waals surface area contributed by atoms with Crippen molar-refractivity contribution in [1.82, 2.24) is 14.5 Å². The van der Waals surface area contributed by atoms with Crippen LogP contribution in [0.5, 0.6) is 17.5 Å². The fourth-order valence-corrected chi connectivity index (χ4v) is 5.66. The number of nitrogens with zero attached hydrogens (tertiary/aromatic N) is 5.